The van der Waals surface area contributed by atoms with Crippen LogP contribution in [0.3, 0.4) is 0 Å². The van der Waals surface area contributed by atoms with Gasteiger partial charge in [-0.1, -0.05) is 19.1 Å². The van der Waals surface area contributed by atoms with Gasteiger partial charge < -0.3 is 8.92 Å². The van der Waals surface area contributed by atoms with Crippen LogP contribution in [0.15, 0.2) is 52.3 Å². The molecule has 147 valence electrons. The van der Waals surface area contributed by atoms with Crippen LogP contribution in [0.1, 0.15) is 18.9 Å². The summed E-state index contributed by atoms with van der Waals surface area (Å²) in [4.78, 5) is -0.758. The highest BCUT2D eigenvalue weighted by molar-refractivity contribution is 7.92. The summed E-state index contributed by atoms with van der Waals surface area (Å²) in [5.41, 5.74) is 0.774. The van der Waals surface area contributed by atoms with Crippen LogP contribution in [-0.4, -0.2) is 36.3 Å². The molecule has 0 aliphatic rings. The molecule has 2 aromatic carbocycles. The van der Waals surface area contributed by atoms with Crippen LogP contribution in [0, 0.1) is 0 Å². The Bertz CT molecular complexity index is 996. The zero-order valence-corrected chi connectivity index (χ0v) is 16.7. The fraction of sp³-hybridized carbons (Fsp3) is 0.333. The van der Waals surface area contributed by atoms with Crippen LogP contribution in [0.2, 0.25) is 0 Å². The van der Waals surface area contributed by atoms with Gasteiger partial charge in [-0.3, -0.25) is 0 Å². The second-order valence-electron chi connectivity index (χ2n) is 5.83. The number of aryl methyl sites for hydroxylation is 1. The Labute approximate surface area is 159 Å². The average Bonchev–Trinajstić information content (AvgIpc) is 2.60. The van der Waals surface area contributed by atoms with E-state index in [2.05, 4.69) is 0 Å². The van der Waals surface area contributed by atoms with Crippen molar-refractivity contribution in [2.45, 2.75) is 29.6 Å². The molecule has 0 saturated carbocycles. The Balaban J connectivity index is 2.40. The van der Waals surface area contributed by atoms with E-state index in [0.29, 0.717) is 18.6 Å². The summed E-state index contributed by atoms with van der Waals surface area (Å²) in [5, 5.41) is 10.5. The Kier molecular flexibility index (Phi) is 6.85. The highest BCUT2D eigenvalue weighted by Gasteiger charge is 2.25. The van der Waals surface area contributed by atoms with Gasteiger partial charge in [0, 0.05) is 18.7 Å². The van der Waals surface area contributed by atoms with Crippen molar-refractivity contribution in [3.8, 4) is 11.5 Å². The molecule has 2 aromatic rings. The summed E-state index contributed by atoms with van der Waals surface area (Å²) in [7, 11) is -8.14. The summed E-state index contributed by atoms with van der Waals surface area (Å²) in [6.45, 7) is 1.82. The second-order valence-corrected chi connectivity index (χ2v) is 9.33. The molecular formula is C18H21O7S2. The summed E-state index contributed by atoms with van der Waals surface area (Å²) in [6, 6.07) is 9.92. The molecule has 2 rings (SSSR count). The first kappa shape index (κ1) is 21.2. The van der Waals surface area contributed by atoms with Gasteiger partial charge in [-0.15, -0.1) is 0 Å². The van der Waals surface area contributed by atoms with Crippen molar-refractivity contribution in [3.05, 3.63) is 48.0 Å². The molecule has 0 N–H and O–H groups in total. The molecule has 0 aliphatic carbocycles. The lowest BCUT2D eigenvalue weighted by atomic mass is 10.1. The zero-order chi connectivity index (χ0) is 20.1. The molecule has 9 heteroatoms. The quantitative estimate of drug-likeness (QED) is 0.462. The minimum atomic E-state index is -4.38. The van der Waals surface area contributed by atoms with Crippen molar-refractivity contribution >= 4 is 20.0 Å². The average molecular weight is 413 g/mol. The Hall–Kier alpha value is -2.10. The number of rotatable bonds is 9. The highest BCUT2D eigenvalue weighted by Crippen LogP contribution is 2.28. The first-order chi connectivity index (χ1) is 12.7. The van der Waals surface area contributed by atoms with Crippen LogP contribution in [0.4, 0.5) is 0 Å². The van der Waals surface area contributed by atoms with E-state index in [4.69, 9.17) is 8.92 Å². The SMILES string of the molecule is CCc1cc(OCCC[O])cc(OS(=O)(=O)c2ccccc2S(C)(=O)=O)c1. The van der Waals surface area contributed by atoms with Gasteiger partial charge in [0.2, 0.25) is 0 Å². The molecule has 0 atom stereocenters. The molecule has 27 heavy (non-hydrogen) atoms. The van der Waals surface area contributed by atoms with E-state index in [0.717, 1.165) is 11.8 Å². The summed E-state index contributed by atoms with van der Waals surface area (Å²) < 4.78 is 59.8. The first-order valence-corrected chi connectivity index (χ1v) is 11.6. The van der Waals surface area contributed by atoms with Gasteiger partial charge >= 0.3 is 10.1 Å². The standard InChI is InChI=1S/C18H21O7S2/c1-3-14-11-15(24-10-6-9-19)13-16(12-14)25-27(22,23)18-8-5-4-7-17(18)26(2,20)21/h4-5,7-8,11-13H,3,6,9-10H2,1-2H3. The van der Waals surface area contributed by atoms with Gasteiger partial charge in [-0.05, 0) is 36.2 Å². The van der Waals surface area contributed by atoms with E-state index >= 15 is 0 Å². The van der Waals surface area contributed by atoms with Crippen molar-refractivity contribution in [2.24, 2.45) is 0 Å². The lowest BCUT2D eigenvalue weighted by Gasteiger charge is -2.13. The minimum Gasteiger partial charge on any atom is -0.493 e. The Morgan fingerprint density at radius 1 is 0.926 bits per heavy atom. The molecule has 0 amide bonds. The zero-order valence-electron chi connectivity index (χ0n) is 15.0. The molecule has 7 nitrogen and oxygen atoms in total. The van der Waals surface area contributed by atoms with Gasteiger partial charge in [0.25, 0.3) is 0 Å². The summed E-state index contributed by atoms with van der Waals surface area (Å²) in [5.74, 6) is 0.388. The molecular weight excluding hydrogens is 392 g/mol. The van der Waals surface area contributed by atoms with E-state index in [9.17, 15) is 21.9 Å². The van der Waals surface area contributed by atoms with Crippen molar-refractivity contribution in [3.63, 3.8) is 0 Å². The van der Waals surface area contributed by atoms with Crippen LogP contribution in [-0.2, 0) is 31.5 Å². The molecule has 0 aliphatic heterocycles. The van der Waals surface area contributed by atoms with E-state index < -0.39 is 24.9 Å². The summed E-state index contributed by atoms with van der Waals surface area (Å²) in [6.07, 6.45) is 1.86. The number of ether oxygens (including phenoxy) is 1. The maximum atomic E-state index is 12.7. The van der Waals surface area contributed by atoms with Gasteiger partial charge in [-0.25, -0.2) is 13.5 Å². The Morgan fingerprint density at radius 3 is 2.15 bits per heavy atom. The van der Waals surface area contributed by atoms with Gasteiger partial charge in [0.15, 0.2) is 9.84 Å². The third-order valence-corrected chi connectivity index (χ3v) is 6.22. The van der Waals surface area contributed by atoms with E-state index in [1.165, 1.54) is 30.3 Å². The normalized spacial score (nSPS) is 12.0. The van der Waals surface area contributed by atoms with E-state index in [-0.39, 0.29) is 23.9 Å². The monoisotopic (exact) mass is 413 g/mol. The van der Waals surface area contributed by atoms with Crippen LogP contribution >= 0.6 is 0 Å². The highest BCUT2D eigenvalue weighted by atomic mass is 32.2. The minimum absolute atomic E-state index is 0.00905. The van der Waals surface area contributed by atoms with Crippen LogP contribution in [0.5, 0.6) is 11.5 Å². The molecule has 0 aromatic heterocycles. The van der Waals surface area contributed by atoms with E-state index in [1.54, 1.807) is 12.1 Å². The van der Waals surface area contributed by atoms with Crippen LogP contribution < -0.4 is 8.92 Å². The number of benzene rings is 2. The topological polar surface area (TPSA) is 107 Å². The molecule has 0 fully saturated rings. The number of hydrogen-bond acceptors (Lipinski definition) is 6. The van der Waals surface area contributed by atoms with Crippen molar-refractivity contribution in [1.82, 2.24) is 0 Å². The molecule has 0 spiro atoms. The molecule has 1 radical (unpaired) electrons. The fourth-order valence-corrected chi connectivity index (χ4v) is 4.87. The van der Waals surface area contributed by atoms with Crippen molar-refractivity contribution < 1.29 is 30.9 Å². The van der Waals surface area contributed by atoms with E-state index in [1.807, 2.05) is 6.92 Å². The first-order valence-electron chi connectivity index (χ1n) is 8.26. The molecule has 0 unspecified atom stereocenters. The lowest BCUT2D eigenvalue weighted by molar-refractivity contribution is 0.165. The third-order valence-electron chi connectivity index (χ3n) is 3.63. The van der Waals surface area contributed by atoms with Crippen molar-refractivity contribution in [2.75, 3.05) is 19.5 Å². The predicted molar refractivity (Wildman–Crippen MR) is 98.9 cm³/mol. The van der Waals surface area contributed by atoms with Gasteiger partial charge in [-0.2, -0.15) is 8.42 Å². The number of sulfone groups is 1. The lowest BCUT2D eigenvalue weighted by Crippen LogP contribution is -2.14. The predicted octanol–water partition coefficient (Wildman–Crippen LogP) is 2.62. The smallest absolute Gasteiger partial charge is 0.340 e. The molecule has 0 bridgehead atoms. The third kappa shape index (κ3) is 5.69. The largest absolute Gasteiger partial charge is 0.493 e. The Morgan fingerprint density at radius 2 is 1.56 bits per heavy atom. The molecule has 0 saturated heterocycles. The molecule has 0 heterocycles. The van der Waals surface area contributed by atoms with Crippen LogP contribution in [0.25, 0.3) is 0 Å². The van der Waals surface area contributed by atoms with Gasteiger partial charge in [0.1, 0.15) is 16.4 Å². The second kappa shape index (κ2) is 8.73. The maximum Gasteiger partial charge on any atom is 0.340 e. The van der Waals surface area contributed by atoms with Gasteiger partial charge in [0.05, 0.1) is 18.1 Å². The fourth-order valence-electron chi connectivity index (χ4n) is 2.35. The maximum absolute atomic E-state index is 12.7. The number of hydrogen-bond donors (Lipinski definition) is 0. The van der Waals surface area contributed by atoms with Crippen molar-refractivity contribution in [1.29, 1.82) is 0 Å². The summed E-state index contributed by atoms with van der Waals surface area (Å²) >= 11 is 0.